The third-order valence-corrected chi connectivity index (χ3v) is 4.67. The fraction of sp³-hybridized carbons (Fsp3) is 0.211. The Morgan fingerprint density at radius 1 is 1.33 bits per heavy atom. The molecule has 3 aromatic rings. The van der Waals surface area contributed by atoms with Crippen LogP contribution in [0.2, 0.25) is 5.02 Å². The first-order chi connectivity index (χ1) is 14.5. The number of rotatable bonds is 6. The summed E-state index contributed by atoms with van der Waals surface area (Å²) in [5.74, 6) is 0.0825. The molecule has 4 rings (SSSR count). The van der Waals surface area contributed by atoms with Crippen molar-refractivity contribution in [2.24, 2.45) is 5.73 Å². The molecule has 0 unspecified atom stereocenters. The molecule has 10 nitrogen and oxygen atoms in total. The highest BCUT2D eigenvalue weighted by atomic mass is 35.5. The van der Waals surface area contributed by atoms with Crippen molar-refractivity contribution in [1.29, 1.82) is 0 Å². The van der Waals surface area contributed by atoms with Crippen molar-refractivity contribution in [3.8, 4) is 34.3 Å². The summed E-state index contributed by atoms with van der Waals surface area (Å²) in [6, 6.07) is 6.64. The minimum atomic E-state index is -0.635. The molecule has 3 heterocycles. The van der Waals surface area contributed by atoms with Crippen LogP contribution in [-0.2, 0) is 11.3 Å². The van der Waals surface area contributed by atoms with Gasteiger partial charge in [-0.2, -0.15) is 5.10 Å². The predicted octanol–water partition coefficient (Wildman–Crippen LogP) is 1.28. The molecule has 0 atom stereocenters. The molecule has 0 fully saturated rings. The van der Waals surface area contributed by atoms with E-state index in [-0.39, 0.29) is 23.3 Å². The highest BCUT2D eigenvalue weighted by Crippen LogP contribution is 2.39. The molecule has 2 aromatic heterocycles. The molecule has 3 N–H and O–H groups in total. The summed E-state index contributed by atoms with van der Waals surface area (Å²) in [5, 5.41) is 7.46. The van der Waals surface area contributed by atoms with Crippen LogP contribution in [0, 0.1) is 0 Å². The number of aromatic nitrogens is 4. The van der Waals surface area contributed by atoms with E-state index in [1.165, 1.54) is 7.11 Å². The van der Waals surface area contributed by atoms with Crippen molar-refractivity contribution >= 4 is 23.4 Å². The third-order valence-electron chi connectivity index (χ3n) is 4.39. The maximum Gasteiger partial charge on any atom is 0.269 e. The molecule has 0 aliphatic carbocycles. The van der Waals surface area contributed by atoms with Gasteiger partial charge in [0.1, 0.15) is 11.4 Å². The van der Waals surface area contributed by atoms with Crippen LogP contribution < -0.4 is 20.5 Å². The van der Waals surface area contributed by atoms with E-state index in [1.807, 2.05) is 0 Å². The van der Waals surface area contributed by atoms with Gasteiger partial charge >= 0.3 is 0 Å². The van der Waals surface area contributed by atoms with Crippen molar-refractivity contribution in [2.45, 2.75) is 6.54 Å². The monoisotopic (exact) mass is 428 g/mol. The zero-order chi connectivity index (χ0) is 21.3. The number of benzene rings is 1. The molecular weight excluding hydrogens is 412 g/mol. The van der Waals surface area contributed by atoms with E-state index in [0.29, 0.717) is 47.3 Å². The van der Waals surface area contributed by atoms with Gasteiger partial charge in [-0.1, -0.05) is 11.6 Å². The predicted molar refractivity (Wildman–Crippen MR) is 107 cm³/mol. The summed E-state index contributed by atoms with van der Waals surface area (Å²) in [4.78, 5) is 31.8. The van der Waals surface area contributed by atoms with Gasteiger partial charge in [0.05, 0.1) is 24.4 Å². The first-order valence-corrected chi connectivity index (χ1v) is 9.32. The van der Waals surface area contributed by atoms with E-state index in [9.17, 15) is 9.59 Å². The molecule has 0 saturated carbocycles. The Balaban J connectivity index is 1.70. The van der Waals surface area contributed by atoms with Crippen LogP contribution in [0.5, 0.6) is 11.5 Å². The smallest absolute Gasteiger partial charge is 0.269 e. The second kappa shape index (κ2) is 7.99. The lowest BCUT2D eigenvalue weighted by molar-refractivity contribution is -0.119. The fourth-order valence-corrected chi connectivity index (χ4v) is 3.30. The van der Waals surface area contributed by atoms with Gasteiger partial charge in [0.2, 0.25) is 0 Å². The number of nitrogens with one attached hydrogen (secondary N) is 1. The summed E-state index contributed by atoms with van der Waals surface area (Å²) in [7, 11) is 1.45. The van der Waals surface area contributed by atoms with Crippen LogP contribution in [0.3, 0.4) is 0 Å². The summed E-state index contributed by atoms with van der Waals surface area (Å²) in [6.45, 7) is 0.795. The van der Waals surface area contributed by atoms with Crippen LogP contribution in [0.25, 0.3) is 22.8 Å². The quantitative estimate of drug-likeness (QED) is 0.603. The van der Waals surface area contributed by atoms with Gasteiger partial charge in [-0.3, -0.25) is 14.3 Å². The average Bonchev–Trinajstić information content (AvgIpc) is 3.18. The highest BCUT2D eigenvalue weighted by molar-refractivity contribution is 6.32. The lowest BCUT2D eigenvalue weighted by Gasteiger charge is -2.13. The number of primary amides is 1. The number of methoxy groups -OCH3 is 1. The number of ether oxygens (including phenoxy) is 2. The number of nitrogens with zero attached hydrogens (tertiary/aromatic N) is 4. The summed E-state index contributed by atoms with van der Waals surface area (Å²) in [6.07, 6.45) is 1.59. The van der Waals surface area contributed by atoms with Crippen LogP contribution in [-0.4, -0.2) is 51.8 Å². The Labute approximate surface area is 176 Å². The van der Waals surface area contributed by atoms with Gasteiger partial charge in [-0.25, -0.2) is 9.97 Å². The van der Waals surface area contributed by atoms with Crippen LogP contribution in [0.4, 0.5) is 0 Å². The Morgan fingerprint density at radius 2 is 2.17 bits per heavy atom. The van der Waals surface area contributed by atoms with E-state index >= 15 is 0 Å². The van der Waals surface area contributed by atoms with Gasteiger partial charge in [0, 0.05) is 18.3 Å². The SMILES string of the molecule is COc1cc(-c2nccc(-c3cc4n(n3)CCNC4=O)n2)cc(Cl)c1OCC(N)=O. The summed E-state index contributed by atoms with van der Waals surface area (Å²) in [5.41, 5.74) is 7.29. The van der Waals surface area contributed by atoms with Gasteiger partial charge < -0.3 is 20.5 Å². The zero-order valence-electron chi connectivity index (χ0n) is 15.9. The molecular formula is C19H17ClN6O4. The molecule has 1 aliphatic rings. The summed E-state index contributed by atoms with van der Waals surface area (Å²) < 4.78 is 12.3. The number of fused-ring (bicyclic) bond motifs is 1. The first-order valence-electron chi connectivity index (χ1n) is 8.94. The van der Waals surface area contributed by atoms with Crippen molar-refractivity contribution in [3.05, 3.63) is 41.2 Å². The second-order valence-electron chi connectivity index (χ2n) is 6.40. The molecule has 11 heteroatoms. The van der Waals surface area contributed by atoms with E-state index in [2.05, 4.69) is 20.4 Å². The Hall–Kier alpha value is -3.66. The Bertz CT molecular complexity index is 1150. The maximum absolute atomic E-state index is 12.0. The minimum absolute atomic E-state index is 0.169. The molecule has 0 spiro atoms. The van der Waals surface area contributed by atoms with Crippen LogP contribution in [0.1, 0.15) is 10.5 Å². The number of carbonyl (C=O) groups excluding carboxylic acids is 2. The average molecular weight is 429 g/mol. The lowest BCUT2D eigenvalue weighted by Crippen LogP contribution is -2.35. The Kier molecular flexibility index (Phi) is 5.23. The van der Waals surface area contributed by atoms with Crippen molar-refractivity contribution in [2.75, 3.05) is 20.3 Å². The normalized spacial score (nSPS) is 12.8. The van der Waals surface area contributed by atoms with Gasteiger partial charge in [-0.05, 0) is 24.3 Å². The van der Waals surface area contributed by atoms with Gasteiger partial charge in [0.25, 0.3) is 11.8 Å². The van der Waals surface area contributed by atoms with Gasteiger partial charge in [0.15, 0.2) is 23.9 Å². The fourth-order valence-electron chi connectivity index (χ4n) is 3.03. The van der Waals surface area contributed by atoms with E-state index in [4.69, 9.17) is 26.8 Å². The molecule has 1 aliphatic heterocycles. The molecule has 1 aromatic carbocycles. The first kappa shape index (κ1) is 19.6. The van der Waals surface area contributed by atoms with Crippen molar-refractivity contribution in [3.63, 3.8) is 0 Å². The van der Waals surface area contributed by atoms with Crippen LogP contribution in [0.15, 0.2) is 30.5 Å². The Morgan fingerprint density at radius 3 is 2.90 bits per heavy atom. The van der Waals surface area contributed by atoms with Crippen LogP contribution >= 0.6 is 11.6 Å². The van der Waals surface area contributed by atoms with Gasteiger partial charge in [-0.15, -0.1) is 0 Å². The molecule has 0 radical (unpaired) electrons. The molecule has 30 heavy (non-hydrogen) atoms. The molecule has 2 amide bonds. The number of nitrogens with two attached hydrogens (primary N) is 1. The molecule has 0 saturated heterocycles. The van der Waals surface area contributed by atoms with Crippen molar-refractivity contribution in [1.82, 2.24) is 25.1 Å². The number of hydrogen-bond acceptors (Lipinski definition) is 7. The number of hydrogen-bond donors (Lipinski definition) is 2. The van der Waals surface area contributed by atoms with Crippen molar-refractivity contribution < 1.29 is 19.1 Å². The topological polar surface area (TPSA) is 134 Å². The number of carbonyl (C=O) groups is 2. The largest absolute Gasteiger partial charge is 0.493 e. The van der Waals surface area contributed by atoms with E-state index < -0.39 is 5.91 Å². The third kappa shape index (κ3) is 3.77. The number of halogens is 1. The maximum atomic E-state index is 12.0. The molecule has 0 bridgehead atoms. The minimum Gasteiger partial charge on any atom is -0.493 e. The second-order valence-corrected chi connectivity index (χ2v) is 6.81. The van der Waals surface area contributed by atoms with E-state index in [1.54, 1.807) is 35.1 Å². The number of amides is 2. The zero-order valence-corrected chi connectivity index (χ0v) is 16.6. The summed E-state index contributed by atoms with van der Waals surface area (Å²) >= 11 is 6.32. The highest BCUT2D eigenvalue weighted by Gasteiger charge is 2.21. The standard InChI is InChI=1S/C19H17ClN6O4/c1-29-15-7-10(6-11(20)17(15)30-9-16(21)27)18-22-3-2-12(24-18)13-8-14-19(28)23-4-5-26(14)25-13/h2-3,6-8H,4-5,9H2,1H3,(H2,21,27)(H,23,28). The lowest BCUT2D eigenvalue weighted by atomic mass is 10.1. The molecule has 154 valence electrons. The van der Waals surface area contributed by atoms with E-state index in [0.717, 1.165) is 0 Å².